The fraction of sp³-hybridized carbons (Fsp3) is 0.375. The van der Waals surface area contributed by atoms with E-state index < -0.39 is 0 Å². The zero-order valence-corrected chi connectivity index (χ0v) is 18.6. The van der Waals surface area contributed by atoms with Gasteiger partial charge in [-0.25, -0.2) is 24.3 Å². The van der Waals surface area contributed by atoms with E-state index >= 15 is 0 Å². The normalized spacial score (nSPS) is 14.4. The maximum Gasteiger partial charge on any atom is 0.254 e. The summed E-state index contributed by atoms with van der Waals surface area (Å²) >= 11 is 0. The minimum Gasteiger partial charge on any atom is -0.348 e. The molecule has 4 rings (SSSR count). The van der Waals surface area contributed by atoms with Crippen molar-refractivity contribution < 1.29 is 9.18 Å². The summed E-state index contributed by atoms with van der Waals surface area (Å²) < 4.78 is 13.0. The van der Waals surface area contributed by atoms with Crippen LogP contribution < -0.4 is 10.2 Å². The van der Waals surface area contributed by atoms with Crippen LogP contribution in [0.5, 0.6) is 0 Å². The maximum absolute atomic E-state index is 13.0. The first-order valence-corrected chi connectivity index (χ1v) is 10.8. The number of nitrogens with zero attached hydrogens (tertiary/aromatic N) is 5. The molecular formula is C24H27FN6O. The number of aromatic nitrogens is 4. The lowest BCUT2D eigenvalue weighted by Gasteiger charge is -2.31. The van der Waals surface area contributed by atoms with E-state index in [9.17, 15) is 9.18 Å². The van der Waals surface area contributed by atoms with Crippen LogP contribution in [-0.2, 0) is 6.54 Å². The highest BCUT2D eigenvalue weighted by Gasteiger charge is 2.25. The van der Waals surface area contributed by atoms with Gasteiger partial charge in [-0.05, 0) is 57.4 Å². The number of carbonyl (C=O) groups is 1. The van der Waals surface area contributed by atoms with Crippen molar-refractivity contribution >= 4 is 11.9 Å². The van der Waals surface area contributed by atoms with Crippen molar-refractivity contribution in [1.82, 2.24) is 25.3 Å². The number of hydrogen-bond acceptors (Lipinski definition) is 6. The van der Waals surface area contributed by atoms with Crippen molar-refractivity contribution in [2.45, 2.75) is 46.1 Å². The molecule has 1 aliphatic rings. The first-order chi connectivity index (χ1) is 15.4. The van der Waals surface area contributed by atoms with Crippen molar-refractivity contribution in [3.63, 3.8) is 0 Å². The van der Waals surface area contributed by atoms with Gasteiger partial charge < -0.3 is 10.2 Å². The third-order valence-electron chi connectivity index (χ3n) is 5.72. The van der Waals surface area contributed by atoms with Crippen molar-refractivity contribution in [2.75, 3.05) is 18.0 Å². The molecule has 8 heteroatoms. The van der Waals surface area contributed by atoms with Crippen LogP contribution in [0.25, 0.3) is 0 Å². The molecular weight excluding hydrogens is 407 g/mol. The molecule has 1 saturated heterocycles. The lowest BCUT2D eigenvalue weighted by Crippen LogP contribution is -2.35. The number of piperidine rings is 1. The Kier molecular flexibility index (Phi) is 6.39. The van der Waals surface area contributed by atoms with Crippen LogP contribution in [0.3, 0.4) is 0 Å². The molecule has 0 saturated carbocycles. The molecule has 1 N–H and O–H groups in total. The van der Waals surface area contributed by atoms with Crippen molar-refractivity contribution in [1.29, 1.82) is 0 Å². The highest BCUT2D eigenvalue weighted by Crippen LogP contribution is 2.28. The van der Waals surface area contributed by atoms with E-state index in [0.717, 1.165) is 54.7 Å². The summed E-state index contributed by atoms with van der Waals surface area (Å²) in [6.45, 7) is 7.80. The lowest BCUT2D eigenvalue weighted by atomic mass is 9.96. The molecule has 1 fully saturated rings. The number of halogens is 1. The second kappa shape index (κ2) is 9.38. The molecule has 0 aliphatic carbocycles. The van der Waals surface area contributed by atoms with Gasteiger partial charge in [0.15, 0.2) is 0 Å². The van der Waals surface area contributed by atoms with Gasteiger partial charge in [0.2, 0.25) is 5.95 Å². The highest BCUT2D eigenvalue weighted by atomic mass is 19.1. The number of benzene rings is 1. The van der Waals surface area contributed by atoms with Crippen LogP contribution >= 0.6 is 0 Å². The largest absolute Gasteiger partial charge is 0.348 e. The second-order valence-electron chi connectivity index (χ2n) is 8.25. The van der Waals surface area contributed by atoms with Gasteiger partial charge in [-0.3, -0.25) is 4.79 Å². The predicted octanol–water partition coefficient (Wildman–Crippen LogP) is 3.64. The quantitative estimate of drug-likeness (QED) is 0.660. The zero-order valence-electron chi connectivity index (χ0n) is 18.6. The molecule has 1 aliphatic heterocycles. The molecule has 0 spiro atoms. The molecule has 1 aromatic carbocycles. The summed E-state index contributed by atoms with van der Waals surface area (Å²) in [6, 6.07) is 8.03. The summed E-state index contributed by atoms with van der Waals surface area (Å²) in [6.07, 6.45) is 3.43. The topological polar surface area (TPSA) is 83.9 Å². The zero-order chi connectivity index (χ0) is 22.7. The van der Waals surface area contributed by atoms with Gasteiger partial charge in [-0.15, -0.1) is 0 Å². The first kappa shape index (κ1) is 21.8. The number of amides is 1. The number of nitrogens with one attached hydrogen (secondary N) is 1. The van der Waals surface area contributed by atoms with E-state index in [2.05, 4.69) is 30.2 Å². The van der Waals surface area contributed by atoms with Crippen LogP contribution in [0, 0.1) is 26.6 Å². The molecule has 2 aromatic heterocycles. The van der Waals surface area contributed by atoms with Crippen molar-refractivity contribution in [2.24, 2.45) is 0 Å². The Morgan fingerprint density at radius 2 is 1.72 bits per heavy atom. The molecule has 166 valence electrons. The average molecular weight is 435 g/mol. The number of hydrogen-bond donors (Lipinski definition) is 1. The summed E-state index contributed by atoms with van der Waals surface area (Å²) in [5.74, 6) is 1.27. The fourth-order valence-electron chi connectivity index (χ4n) is 3.97. The number of aryl methyl sites for hydroxylation is 3. The third kappa shape index (κ3) is 5.07. The SMILES string of the molecule is Cc1cc(C)nc(N2CCC(c3ncc(C(=O)NCc4ccc(F)cc4)c(C)n3)CC2)n1. The van der Waals surface area contributed by atoms with Crippen LogP contribution in [0.15, 0.2) is 36.5 Å². The molecule has 7 nitrogen and oxygen atoms in total. The molecule has 32 heavy (non-hydrogen) atoms. The average Bonchev–Trinajstić information content (AvgIpc) is 2.78. The van der Waals surface area contributed by atoms with Crippen LogP contribution in [0.4, 0.5) is 10.3 Å². The summed E-state index contributed by atoms with van der Waals surface area (Å²) in [7, 11) is 0. The maximum atomic E-state index is 13.0. The van der Waals surface area contributed by atoms with E-state index in [-0.39, 0.29) is 17.6 Å². The Morgan fingerprint density at radius 1 is 1.06 bits per heavy atom. The summed E-state index contributed by atoms with van der Waals surface area (Å²) in [5.41, 5.74) is 3.89. The Bertz CT molecular complexity index is 1090. The summed E-state index contributed by atoms with van der Waals surface area (Å²) in [5, 5.41) is 2.85. The van der Waals surface area contributed by atoms with Crippen LogP contribution in [-0.4, -0.2) is 38.9 Å². The van der Waals surface area contributed by atoms with Crippen LogP contribution in [0.2, 0.25) is 0 Å². The van der Waals surface area contributed by atoms with Gasteiger partial charge in [0, 0.05) is 43.1 Å². The van der Waals surface area contributed by atoms with Crippen molar-refractivity contribution in [3.05, 3.63) is 76.4 Å². The number of rotatable bonds is 5. The van der Waals surface area contributed by atoms with Gasteiger partial charge in [-0.1, -0.05) is 12.1 Å². The monoisotopic (exact) mass is 434 g/mol. The Labute approximate surface area is 187 Å². The summed E-state index contributed by atoms with van der Waals surface area (Å²) in [4.78, 5) is 33.0. The van der Waals surface area contributed by atoms with E-state index in [1.165, 1.54) is 12.1 Å². The molecule has 3 heterocycles. The smallest absolute Gasteiger partial charge is 0.254 e. The number of carbonyl (C=O) groups excluding carboxylic acids is 1. The van der Waals surface area contributed by atoms with E-state index in [1.54, 1.807) is 18.3 Å². The molecule has 1 amide bonds. The van der Waals surface area contributed by atoms with E-state index in [4.69, 9.17) is 0 Å². The number of anilines is 1. The molecule has 0 radical (unpaired) electrons. The van der Waals surface area contributed by atoms with Gasteiger partial charge in [0.1, 0.15) is 11.6 Å². The Morgan fingerprint density at radius 3 is 2.34 bits per heavy atom. The molecule has 0 atom stereocenters. The molecule has 3 aromatic rings. The van der Waals surface area contributed by atoms with Gasteiger partial charge in [0.05, 0.1) is 11.3 Å². The minimum atomic E-state index is -0.299. The van der Waals surface area contributed by atoms with Gasteiger partial charge >= 0.3 is 0 Å². The first-order valence-electron chi connectivity index (χ1n) is 10.8. The Balaban J connectivity index is 1.37. The Hall–Kier alpha value is -3.42. The lowest BCUT2D eigenvalue weighted by molar-refractivity contribution is 0.0949. The molecule has 0 bridgehead atoms. The third-order valence-corrected chi connectivity index (χ3v) is 5.72. The van der Waals surface area contributed by atoms with Crippen LogP contribution in [0.1, 0.15) is 57.6 Å². The standard InChI is InChI=1S/C24H27FN6O/c1-15-12-16(2)29-24(28-15)31-10-8-19(9-11-31)22-26-14-21(17(3)30-22)23(32)27-13-18-4-6-20(25)7-5-18/h4-7,12,14,19H,8-11,13H2,1-3H3,(H,27,32). The van der Waals surface area contributed by atoms with Crippen molar-refractivity contribution in [3.8, 4) is 0 Å². The molecule has 0 unspecified atom stereocenters. The van der Waals surface area contributed by atoms with Gasteiger partial charge in [-0.2, -0.15) is 0 Å². The van der Waals surface area contributed by atoms with E-state index in [0.29, 0.717) is 17.8 Å². The minimum absolute atomic E-state index is 0.236. The fourth-order valence-corrected chi connectivity index (χ4v) is 3.97. The highest BCUT2D eigenvalue weighted by molar-refractivity contribution is 5.94. The predicted molar refractivity (Wildman–Crippen MR) is 120 cm³/mol. The van der Waals surface area contributed by atoms with Gasteiger partial charge in [0.25, 0.3) is 5.91 Å². The second-order valence-corrected chi connectivity index (χ2v) is 8.25. The van der Waals surface area contributed by atoms with E-state index in [1.807, 2.05) is 26.8 Å².